The number of aromatic nitrogens is 1. The van der Waals surface area contributed by atoms with E-state index in [9.17, 15) is 0 Å². The quantitative estimate of drug-likeness (QED) is 0.574. The second-order valence-corrected chi connectivity index (χ2v) is 3.78. The van der Waals surface area contributed by atoms with Gasteiger partial charge < -0.3 is 0 Å². The highest BCUT2D eigenvalue weighted by molar-refractivity contribution is 7.80. The van der Waals surface area contributed by atoms with E-state index < -0.39 is 0 Å². The average molecular weight is 213 g/mol. The van der Waals surface area contributed by atoms with Gasteiger partial charge in [-0.15, -0.1) is 0 Å². The third-order valence-electron chi connectivity index (χ3n) is 2.16. The topological polar surface area (TPSA) is 12.9 Å². The maximum atomic E-state index is 5.36. The lowest BCUT2D eigenvalue weighted by molar-refractivity contribution is 1.15. The van der Waals surface area contributed by atoms with E-state index in [1.807, 2.05) is 48.5 Å². The first-order valence-corrected chi connectivity index (χ1v) is 5.25. The molecule has 0 unspecified atom stereocenters. The number of rotatable bonds is 3. The first kappa shape index (κ1) is 9.99. The lowest BCUT2D eigenvalue weighted by atomic mass is 10.1. The molecular weight excluding hydrogens is 202 g/mol. The van der Waals surface area contributed by atoms with Crippen LogP contribution in [0, 0.1) is 0 Å². The molecule has 0 aliphatic carbocycles. The molecule has 2 aromatic rings. The molecule has 74 valence electrons. The Morgan fingerprint density at radius 3 is 2.40 bits per heavy atom. The summed E-state index contributed by atoms with van der Waals surface area (Å²) in [4.78, 5) is 5.20. The number of thiocarbonyl (C=S) groups is 1. The van der Waals surface area contributed by atoms with Crippen molar-refractivity contribution in [1.82, 2.24) is 4.98 Å². The molecule has 0 spiro atoms. The Morgan fingerprint density at radius 2 is 1.73 bits per heavy atom. The summed E-state index contributed by atoms with van der Waals surface area (Å²) >= 11 is 5.36. The largest absolute Gasteiger partial charge is 0.261 e. The van der Waals surface area contributed by atoms with Crippen LogP contribution in [0.25, 0.3) is 0 Å². The van der Waals surface area contributed by atoms with E-state index in [0.717, 1.165) is 22.5 Å². The number of nitrogens with zero attached hydrogens (tertiary/aromatic N) is 1. The van der Waals surface area contributed by atoms with Gasteiger partial charge in [0.15, 0.2) is 0 Å². The molecule has 2 rings (SSSR count). The van der Waals surface area contributed by atoms with Crippen molar-refractivity contribution >= 4 is 17.1 Å². The highest BCUT2D eigenvalue weighted by Gasteiger charge is 2.01. The zero-order valence-corrected chi connectivity index (χ0v) is 9.08. The van der Waals surface area contributed by atoms with E-state index in [2.05, 4.69) is 4.98 Å². The van der Waals surface area contributed by atoms with E-state index in [-0.39, 0.29) is 0 Å². The van der Waals surface area contributed by atoms with E-state index in [1.165, 1.54) is 0 Å². The van der Waals surface area contributed by atoms with Crippen LogP contribution >= 0.6 is 12.2 Å². The fourth-order valence-corrected chi connectivity index (χ4v) is 1.68. The van der Waals surface area contributed by atoms with Crippen molar-refractivity contribution in [1.29, 1.82) is 0 Å². The molecule has 1 aromatic carbocycles. The summed E-state index contributed by atoms with van der Waals surface area (Å²) in [5.41, 5.74) is 2.13. The molecule has 1 heterocycles. The molecule has 1 aromatic heterocycles. The van der Waals surface area contributed by atoms with Crippen LogP contribution in [0.3, 0.4) is 0 Å². The first-order chi connectivity index (χ1) is 7.36. The number of pyridine rings is 1. The van der Waals surface area contributed by atoms with Crippen LogP contribution in [0.1, 0.15) is 11.3 Å². The van der Waals surface area contributed by atoms with Gasteiger partial charge in [-0.2, -0.15) is 0 Å². The standard InChI is InChI=1S/C13H11NS/c15-13(11-6-2-1-3-7-11)10-12-8-4-5-9-14-12/h1-9H,10H2. The Hall–Kier alpha value is -1.54. The fourth-order valence-electron chi connectivity index (χ4n) is 1.39. The van der Waals surface area contributed by atoms with Crippen molar-refractivity contribution in [2.24, 2.45) is 0 Å². The van der Waals surface area contributed by atoms with Crippen molar-refractivity contribution in [3.05, 3.63) is 66.0 Å². The van der Waals surface area contributed by atoms with Gasteiger partial charge in [0.2, 0.25) is 0 Å². The van der Waals surface area contributed by atoms with E-state index in [4.69, 9.17) is 12.2 Å². The van der Waals surface area contributed by atoms with Gasteiger partial charge >= 0.3 is 0 Å². The normalized spacial score (nSPS) is 9.87. The molecule has 0 aliphatic heterocycles. The highest BCUT2D eigenvalue weighted by atomic mass is 32.1. The summed E-state index contributed by atoms with van der Waals surface area (Å²) in [5, 5.41) is 0. The predicted molar refractivity (Wildman–Crippen MR) is 66.1 cm³/mol. The Balaban J connectivity index is 2.12. The van der Waals surface area contributed by atoms with Crippen LogP contribution in [0.15, 0.2) is 54.7 Å². The monoisotopic (exact) mass is 213 g/mol. The lowest BCUT2D eigenvalue weighted by Crippen LogP contribution is -2.02. The molecule has 15 heavy (non-hydrogen) atoms. The molecular formula is C13H11NS. The number of hydrogen-bond acceptors (Lipinski definition) is 2. The summed E-state index contributed by atoms with van der Waals surface area (Å²) in [6.45, 7) is 0. The van der Waals surface area contributed by atoms with Gasteiger partial charge in [0, 0.05) is 23.2 Å². The number of hydrogen-bond donors (Lipinski definition) is 0. The van der Waals surface area contributed by atoms with Gasteiger partial charge in [0.25, 0.3) is 0 Å². The minimum absolute atomic E-state index is 0.736. The third kappa shape index (κ3) is 2.70. The van der Waals surface area contributed by atoms with Crippen LogP contribution in [0.5, 0.6) is 0 Å². The summed E-state index contributed by atoms with van der Waals surface area (Å²) in [7, 11) is 0. The smallest absolute Gasteiger partial charge is 0.0456 e. The van der Waals surface area contributed by atoms with Crippen LogP contribution in [-0.2, 0) is 6.42 Å². The zero-order valence-electron chi connectivity index (χ0n) is 8.26. The second-order valence-electron chi connectivity index (χ2n) is 3.29. The molecule has 0 saturated carbocycles. The van der Waals surface area contributed by atoms with Crippen LogP contribution in [0.2, 0.25) is 0 Å². The van der Waals surface area contributed by atoms with E-state index in [1.54, 1.807) is 6.20 Å². The molecule has 0 N–H and O–H groups in total. The Kier molecular flexibility index (Phi) is 3.20. The Labute approximate surface area is 94.8 Å². The maximum absolute atomic E-state index is 5.36. The van der Waals surface area contributed by atoms with Crippen molar-refractivity contribution in [3.8, 4) is 0 Å². The van der Waals surface area contributed by atoms with Gasteiger partial charge in [-0.05, 0) is 17.7 Å². The van der Waals surface area contributed by atoms with Gasteiger partial charge in [-0.25, -0.2) is 0 Å². The number of benzene rings is 1. The van der Waals surface area contributed by atoms with Crippen molar-refractivity contribution in [3.63, 3.8) is 0 Å². The first-order valence-electron chi connectivity index (χ1n) is 4.84. The maximum Gasteiger partial charge on any atom is 0.0456 e. The minimum atomic E-state index is 0.736. The predicted octanol–water partition coefficient (Wildman–Crippen LogP) is 3.04. The molecule has 0 bridgehead atoms. The van der Waals surface area contributed by atoms with Gasteiger partial charge in [0.05, 0.1) is 0 Å². The van der Waals surface area contributed by atoms with Gasteiger partial charge in [-0.1, -0.05) is 48.6 Å². The molecule has 2 heteroatoms. The lowest BCUT2D eigenvalue weighted by Gasteiger charge is -2.02. The van der Waals surface area contributed by atoms with Crippen molar-refractivity contribution in [2.75, 3.05) is 0 Å². The highest BCUT2D eigenvalue weighted by Crippen LogP contribution is 2.06. The Bertz CT molecular complexity index is 437. The molecule has 0 fully saturated rings. The molecule has 0 aliphatic rings. The molecule has 0 saturated heterocycles. The fraction of sp³-hybridized carbons (Fsp3) is 0.0769. The van der Waals surface area contributed by atoms with Gasteiger partial charge in [0.1, 0.15) is 0 Å². The summed E-state index contributed by atoms with van der Waals surface area (Å²) < 4.78 is 0. The van der Waals surface area contributed by atoms with Gasteiger partial charge in [-0.3, -0.25) is 4.98 Å². The summed E-state index contributed by atoms with van der Waals surface area (Å²) in [5.74, 6) is 0. The van der Waals surface area contributed by atoms with Crippen LogP contribution in [0.4, 0.5) is 0 Å². The summed E-state index contributed by atoms with van der Waals surface area (Å²) in [6, 6.07) is 15.9. The SMILES string of the molecule is S=C(Cc1ccccn1)c1ccccc1. The Morgan fingerprint density at radius 1 is 1.00 bits per heavy atom. The van der Waals surface area contributed by atoms with E-state index >= 15 is 0 Å². The molecule has 1 nitrogen and oxygen atoms in total. The zero-order chi connectivity index (χ0) is 10.5. The van der Waals surface area contributed by atoms with Crippen LogP contribution < -0.4 is 0 Å². The molecule has 0 radical (unpaired) electrons. The van der Waals surface area contributed by atoms with Crippen molar-refractivity contribution < 1.29 is 0 Å². The third-order valence-corrected chi connectivity index (χ3v) is 2.54. The second kappa shape index (κ2) is 4.80. The molecule has 0 amide bonds. The van der Waals surface area contributed by atoms with Crippen LogP contribution in [-0.4, -0.2) is 9.85 Å². The van der Waals surface area contributed by atoms with E-state index in [0.29, 0.717) is 0 Å². The summed E-state index contributed by atoms with van der Waals surface area (Å²) in [6.07, 6.45) is 2.53. The minimum Gasteiger partial charge on any atom is -0.261 e. The van der Waals surface area contributed by atoms with Crippen molar-refractivity contribution in [2.45, 2.75) is 6.42 Å². The molecule has 0 atom stereocenters. The average Bonchev–Trinajstić information content (AvgIpc) is 2.31.